The highest BCUT2D eigenvalue weighted by Crippen LogP contribution is 2.49. The molecule has 4 rings (SSSR count). The standard InChI is InChI=1S/C19H22N2O/c22-19(17-8-10-20-18-4-2-1-3-16(17)18)21-9-7-15-12-13-5-6-14(15)11-13/h1-4,8,10,13-15H,5-7,9,11-12H2,(H,21,22). The van der Waals surface area contributed by atoms with Gasteiger partial charge in [-0.25, -0.2) is 0 Å². The van der Waals surface area contributed by atoms with Gasteiger partial charge in [0.2, 0.25) is 0 Å². The number of amides is 1. The van der Waals surface area contributed by atoms with Crippen LogP contribution in [-0.4, -0.2) is 17.4 Å². The van der Waals surface area contributed by atoms with E-state index in [0.717, 1.165) is 47.2 Å². The Hall–Kier alpha value is -1.90. The van der Waals surface area contributed by atoms with E-state index >= 15 is 0 Å². The fraction of sp³-hybridized carbons (Fsp3) is 0.474. The molecule has 3 unspecified atom stereocenters. The molecule has 1 aromatic carbocycles. The summed E-state index contributed by atoms with van der Waals surface area (Å²) in [4.78, 5) is 16.8. The van der Waals surface area contributed by atoms with Crippen molar-refractivity contribution in [1.82, 2.24) is 10.3 Å². The fourth-order valence-electron chi connectivity index (χ4n) is 4.49. The van der Waals surface area contributed by atoms with Crippen molar-refractivity contribution in [3.05, 3.63) is 42.1 Å². The molecule has 3 atom stereocenters. The van der Waals surface area contributed by atoms with Gasteiger partial charge in [0.05, 0.1) is 11.1 Å². The minimum Gasteiger partial charge on any atom is -0.352 e. The molecule has 2 saturated carbocycles. The predicted molar refractivity (Wildman–Crippen MR) is 87.6 cm³/mol. The van der Waals surface area contributed by atoms with Crippen molar-refractivity contribution in [1.29, 1.82) is 0 Å². The highest BCUT2D eigenvalue weighted by atomic mass is 16.1. The molecule has 2 fully saturated rings. The minimum absolute atomic E-state index is 0.0294. The molecule has 1 N–H and O–H groups in total. The van der Waals surface area contributed by atoms with Gasteiger partial charge in [0.15, 0.2) is 0 Å². The monoisotopic (exact) mass is 294 g/mol. The first-order chi connectivity index (χ1) is 10.8. The van der Waals surface area contributed by atoms with Gasteiger partial charge in [0, 0.05) is 18.1 Å². The molecule has 0 radical (unpaired) electrons. The normalized spacial score (nSPS) is 26.5. The number of hydrogen-bond donors (Lipinski definition) is 1. The average molecular weight is 294 g/mol. The van der Waals surface area contributed by atoms with E-state index in [9.17, 15) is 4.79 Å². The number of nitrogens with one attached hydrogen (secondary N) is 1. The second kappa shape index (κ2) is 5.71. The average Bonchev–Trinajstić information content (AvgIpc) is 3.17. The fourth-order valence-corrected chi connectivity index (χ4v) is 4.49. The number of fused-ring (bicyclic) bond motifs is 3. The summed E-state index contributed by atoms with van der Waals surface area (Å²) in [6.07, 6.45) is 8.53. The largest absolute Gasteiger partial charge is 0.352 e. The minimum atomic E-state index is 0.0294. The van der Waals surface area contributed by atoms with Crippen LogP contribution in [0.15, 0.2) is 36.5 Å². The zero-order valence-corrected chi connectivity index (χ0v) is 12.8. The highest BCUT2D eigenvalue weighted by molar-refractivity contribution is 6.05. The number of hydrogen-bond acceptors (Lipinski definition) is 2. The first-order valence-corrected chi connectivity index (χ1v) is 8.43. The summed E-state index contributed by atoms with van der Waals surface area (Å²) in [6, 6.07) is 9.63. The maximum Gasteiger partial charge on any atom is 0.252 e. The van der Waals surface area contributed by atoms with E-state index in [-0.39, 0.29) is 5.91 Å². The summed E-state index contributed by atoms with van der Waals surface area (Å²) in [5.74, 6) is 2.79. The van der Waals surface area contributed by atoms with Crippen LogP contribution in [0.2, 0.25) is 0 Å². The van der Waals surface area contributed by atoms with Crippen LogP contribution in [0.25, 0.3) is 10.9 Å². The van der Waals surface area contributed by atoms with E-state index in [4.69, 9.17) is 0 Å². The van der Waals surface area contributed by atoms with Gasteiger partial charge in [-0.1, -0.05) is 24.6 Å². The lowest BCUT2D eigenvalue weighted by atomic mass is 9.86. The van der Waals surface area contributed by atoms with Gasteiger partial charge in [-0.05, 0) is 55.6 Å². The van der Waals surface area contributed by atoms with E-state index in [1.807, 2.05) is 30.3 Å². The number of nitrogens with zero attached hydrogens (tertiary/aromatic N) is 1. The molecule has 2 aliphatic carbocycles. The van der Waals surface area contributed by atoms with Crippen LogP contribution in [-0.2, 0) is 0 Å². The summed E-state index contributed by atoms with van der Waals surface area (Å²) in [5.41, 5.74) is 1.61. The van der Waals surface area contributed by atoms with Crippen molar-refractivity contribution < 1.29 is 4.79 Å². The van der Waals surface area contributed by atoms with Crippen molar-refractivity contribution >= 4 is 16.8 Å². The molecular weight excluding hydrogens is 272 g/mol. The number of aromatic nitrogens is 1. The quantitative estimate of drug-likeness (QED) is 0.932. The van der Waals surface area contributed by atoms with Gasteiger partial charge in [-0.2, -0.15) is 0 Å². The van der Waals surface area contributed by atoms with Crippen LogP contribution in [0.5, 0.6) is 0 Å². The summed E-state index contributed by atoms with van der Waals surface area (Å²) < 4.78 is 0. The summed E-state index contributed by atoms with van der Waals surface area (Å²) >= 11 is 0. The first-order valence-electron chi connectivity index (χ1n) is 8.43. The number of pyridine rings is 1. The zero-order chi connectivity index (χ0) is 14.9. The van der Waals surface area contributed by atoms with Gasteiger partial charge >= 0.3 is 0 Å². The lowest BCUT2D eigenvalue weighted by molar-refractivity contribution is 0.0951. The molecule has 2 bridgehead atoms. The van der Waals surface area contributed by atoms with Crippen molar-refractivity contribution in [2.75, 3.05) is 6.54 Å². The Bertz CT molecular complexity index is 691. The zero-order valence-electron chi connectivity index (χ0n) is 12.8. The molecule has 0 spiro atoms. The van der Waals surface area contributed by atoms with Gasteiger partial charge < -0.3 is 5.32 Å². The Balaban J connectivity index is 1.39. The number of rotatable bonds is 4. The lowest BCUT2D eigenvalue weighted by Crippen LogP contribution is -2.27. The number of para-hydroxylation sites is 1. The Kier molecular flexibility index (Phi) is 3.57. The Morgan fingerprint density at radius 3 is 2.91 bits per heavy atom. The third-order valence-corrected chi connectivity index (χ3v) is 5.58. The van der Waals surface area contributed by atoms with Crippen LogP contribution in [0, 0.1) is 17.8 Å². The second-order valence-corrected chi connectivity index (χ2v) is 6.86. The molecular formula is C19H22N2O. The van der Waals surface area contributed by atoms with E-state index in [1.165, 1.54) is 25.7 Å². The van der Waals surface area contributed by atoms with Crippen molar-refractivity contribution in [2.24, 2.45) is 17.8 Å². The number of carbonyl (C=O) groups excluding carboxylic acids is 1. The molecule has 2 aliphatic rings. The molecule has 0 aliphatic heterocycles. The Morgan fingerprint density at radius 1 is 1.18 bits per heavy atom. The topological polar surface area (TPSA) is 42.0 Å². The molecule has 1 aromatic heterocycles. The van der Waals surface area contributed by atoms with Crippen molar-refractivity contribution in [3.8, 4) is 0 Å². The van der Waals surface area contributed by atoms with Crippen LogP contribution in [0.3, 0.4) is 0 Å². The maximum atomic E-state index is 12.5. The summed E-state index contributed by atoms with van der Waals surface area (Å²) in [5, 5.41) is 4.04. The van der Waals surface area contributed by atoms with E-state index in [0.29, 0.717) is 0 Å². The highest BCUT2D eigenvalue weighted by Gasteiger charge is 2.38. The van der Waals surface area contributed by atoms with Crippen LogP contribution < -0.4 is 5.32 Å². The summed E-state index contributed by atoms with van der Waals surface area (Å²) in [6.45, 7) is 0.795. The second-order valence-electron chi connectivity index (χ2n) is 6.86. The molecule has 22 heavy (non-hydrogen) atoms. The van der Waals surface area contributed by atoms with Gasteiger partial charge in [-0.15, -0.1) is 0 Å². The van der Waals surface area contributed by atoms with Crippen molar-refractivity contribution in [2.45, 2.75) is 32.1 Å². The molecule has 1 amide bonds. The van der Waals surface area contributed by atoms with E-state index < -0.39 is 0 Å². The molecule has 1 heterocycles. The first kappa shape index (κ1) is 13.7. The number of benzene rings is 1. The molecule has 0 saturated heterocycles. The van der Waals surface area contributed by atoms with Gasteiger partial charge in [-0.3, -0.25) is 9.78 Å². The lowest BCUT2D eigenvalue weighted by Gasteiger charge is -2.21. The smallest absolute Gasteiger partial charge is 0.252 e. The third-order valence-electron chi connectivity index (χ3n) is 5.58. The maximum absolute atomic E-state index is 12.5. The molecule has 114 valence electrons. The SMILES string of the molecule is O=C(NCCC1CC2CCC1C2)c1ccnc2ccccc12. The van der Waals surface area contributed by atoms with Crippen molar-refractivity contribution in [3.63, 3.8) is 0 Å². The Morgan fingerprint density at radius 2 is 2.09 bits per heavy atom. The summed E-state index contributed by atoms with van der Waals surface area (Å²) in [7, 11) is 0. The van der Waals surface area contributed by atoms with E-state index in [2.05, 4.69) is 10.3 Å². The van der Waals surface area contributed by atoms with E-state index in [1.54, 1.807) is 6.20 Å². The van der Waals surface area contributed by atoms with Gasteiger partial charge in [0.25, 0.3) is 5.91 Å². The van der Waals surface area contributed by atoms with Crippen LogP contribution >= 0.6 is 0 Å². The van der Waals surface area contributed by atoms with Gasteiger partial charge in [0.1, 0.15) is 0 Å². The molecule has 3 heteroatoms. The Labute approximate surface area is 131 Å². The van der Waals surface area contributed by atoms with Crippen LogP contribution in [0.4, 0.5) is 0 Å². The third kappa shape index (κ3) is 2.49. The molecule has 2 aromatic rings. The van der Waals surface area contributed by atoms with Crippen LogP contribution in [0.1, 0.15) is 42.5 Å². The predicted octanol–water partition coefficient (Wildman–Crippen LogP) is 3.79. The molecule has 3 nitrogen and oxygen atoms in total. The number of carbonyl (C=O) groups is 1.